The van der Waals surface area contributed by atoms with Crippen LogP contribution in [-0.2, 0) is 0 Å². The molecule has 17 heavy (non-hydrogen) atoms. The Bertz CT molecular complexity index is 383. The molecular weight excluding hydrogens is 243 g/mol. The number of halogens is 2. The molecule has 0 aromatic heterocycles. The third kappa shape index (κ3) is 2.96. The van der Waals surface area contributed by atoms with Crippen molar-refractivity contribution in [3.8, 4) is 0 Å². The van der Waals surface area contributed by atoms with Gasteiger partial charge in [0.2, 0.25) is 0 Å². The summed E-state index contributed by atoms with van der Waals surface area (Å²) in [5, 5.41) is 12.9. The Labute approximate surface area is 105 Å². The lowest BCUT2D eigenvalue weighted by molar-refractivity contribution is 0.111. The van der Waals surface area contributed by atoms with Gasteiger partial charge in [0.05, 0.1) is 17.7 Å². The second-order valence-corrected chi connectivity index (χ2v) is 4.57. The molecule has 1 aliphatic heterocycles. The molecule has 3 nitrogen and oxygen atoms in total. The zero-order chi connectivity index (χ0) is 12.3. The molecule has 5 heteroatoms. The normalized spacial score (nSPS) is 19.2. The van der Waals surface area contributed by atoms with Crippen LogP contribution in [-0.4, -0.2) is 42.8 Å². The van der Waals surface area contributed by atoms with Crippen molar-refractivity contribution < 1.29 is 9.50 Å². The molecule has 1 atom stereocenters. The zero-order valence-electron chi connectivity index (χ0n) is 9.50. The van der Waals surface area contributed by atoms with Gasteiger partial charge in [-0.2, -0.15) is 0 Å². The number of nitrogens with one attached hydrogen (secondary N) is 1. The summed E-state index contributed by atoms with van der Waals surface area (Å²) >= 11 is 5.77. The second-order valence-electron chi connectivity index (χ2n) is 4.16. The van der Waals surface area contributed by atoms with E-state index >= 15 is 0 Å². The topological polar surface area (TPSA) is 35.5 Å². The highest BCUT2D eigenvalue weighted by Gasteiger charge is 2.21. The summed E-state index contributed by atoms with van der Waals surface area (Å²) in [5.74, 6) is -0.424. The first-order chi connectivity index (χ1) is 8.22. The first-order valence-corrected chi connectivity index (χ1v) is 6.10. The Morgan fingerprint density at radius 2 is 2.12 bits per heavy atom. The van der Waals surface area contributed by atoms with E-state index in [1.807, 2.05) is 0 Å². The predicted molar refractivity (Wildman–Crippen MR) is 65.7 cm³/mol. The van der Waals surface area contributed by atoms with Gasteiger partial charge < -0.3 is 10.4 Å². The van der Waals surface area contributed by atoms with E-state index < -0.39 is 5.82 Å². The highest BCUT2D eigenvalue weighted by Crippen LogP contribution is 2.25. The lowest BCUT2D eigenvalue weighted by Gasteiger charge is -2.34. The van der Waals surface area contributed by atoms with Crippen LogP contribution in [0.4, 0.5) is 4.39 Å². The Balaban J connectivity index is 2.18. The molecule has 0 amide bonds. The third-order valence-electron chi connectivity index (χ3n) is 3.09. The van der Waals surface area contributed by atoms with Gasteiger partial charge in [-0.25, -0.2) is 4.39 Å². The first kappa shape index (κ1) is 12.8. The number of aliphatic hydroxyl groups is 1. The molecule has 2 rings (SSSR count). The van der Waals surface area contributed by atoms with Crippen LogP contribution in [0.2, 0.25) is 5.02 Å². The summed E-state index contributed by atoms with van der Waals surface area (Å²) in [7, 11) is 0. The summed E-state index contributed by atoms with van der Waals surface area (Å²) < 4.78 is 13.1. The number of hydrogen-bond acceptors (Lipinski definition) is 3. The number of nitrogens with zero attached hydrogens (tertiary/aromatic N) is 1. The van der Waals surface area contributed by atoms with Crippen molar-refractivity contribution in [2.75, 3.05) is 32.8 Å². The second kappa shape index (κ2) is 5.78. The quantitative estimate of drug-likeness (QED) is 0.861. The molecule has 1 saturated heterocycles. The van der Waals surface area contributed by atoms with E-state index in [1.54, 1.807) is 12.1 Å². The lowest BCUT2D eigenvalue weighted by atomic mass is 10.1. The Kier molecular flexibility index (Phi) is 4.34. The monoisotopic (exact) mass is 258 g/mol. The van der Waals surface area contributed by atoms with Gasteiger partial charge in [-0.3, -0.25) is 4.90 Å². The summed E-state index contributed by atoms with van der Waals surface area (Å²) in [4.78, 5) is 2.18. The number of aliphatic hydroxyl groups excluding tert-OH is 1. The smallest absolute Gasteiger partial charge is 0.141 e. The van der Waals surface area contributed by atoms with Crippen LogP contribution in [0.5, 0.6) is 0 Å². The van der Waals surface area contributed by atoms with E-state index in [0.717, 1.165) is 31.7 Å². The molecule has 1 heterocycles. The number of piperazine rings is 1. The van der Waals surface area contributed by atoms with Gasteiger partial charge in [-0.15, -0.1) is 0 Å². The number of hydrogen-bond donors (Lipinski definition) is 2. The molecule has 0 radical (unpaired) electrons. The fraction of sp³-hybridized carbons (Fsp3) is 0.500. The molecule has 1 unspecified atom stereocenters. The van der Waals surface area contributed by atoms with E-state index in [0.29, 0.717) is 0 Å². The zero-order valence-corrected chi connectivity index (χ0v) is 10.3. The third-order valence-corrected chi connectivity index (χ3v) is 3.38. The Morgan fingerprint density at radius 3 is 2.71 bits per heavy atom. The van der Waals surface area contributed by atoms with Gasteiger partial charge in [-0.1, -0.05) is 17.7 Å². The molecule has 1 aliphatic rings. The standard InChI is InChI=1S/C12H16ClFN2O/c13-10-7-9(1-2-11(10)14)12(8-17)16-5-3-15-4-6-16/h1-2,7,12,15,17H,3-6,8H2. The molecule has 2 N–H and O–H groups in total. The van der Waals surface area contributed by atoms with Crippen molar-refractivity contribution >= 4 is 11.6 Å². The Morgan fingerprint density at radius 1 is 1.41 bits per heavy atom. The highest BCUT2D eigenvalue weighted by molar-refractivity contribution is 6.30. The molecule has 1 aromatic rings. The van der Waals surface area contributed by atoms with Crippen molar-refractivity contribution in [2.24, 2.45) is 0 Å². The Hall–Kier alpha value is -0.680. The largest absolute Gasteiger partial charge is 0.394 e. The summed E-state index contributed by atoms with van der Waals surface area (Å²) in [5.41, 5.74) is 0.862. The van der Waals surface area contributed by atoms with Gasteiger partial charge >= 0.3 is 0 Å². The molecule has 0 aliphatic carbocycles. The van der Waals surface area contributed by atoms with Gasteiger partial charge in [0.15, 0.2) is 0 Å². The average Bonchev–Trinajstić information content (AvgIpc) is 2.36. The highest BCUT2D eigenvalue weighted by atomic mass is 35.5. The molecule has 0 spiro atoms. The fourth-order valence-electron chi connectivity index (χ4n) is 2.15. The van der Waals surface area contributed by atoms with Crippen LogP contribution in [0.3, 0.4) is 0 Å². The number of benzene rings is 1. The van der Waals surface area contributed by atoms with Crippen LogP contribution < -0.4 is 5.32 Å². The van der Waals surface area contributed by atoms with E-state index in [2.05, 4.69) is 10.2 Å². The van der Waals surface area contributed by atoms with E-state index in [-0.39, 0.29) is 17.7 Å². The molecule has 1 aromatic carbocycles. The van der Waals surface area contributed by atoms with Crippen LogP contribution in [0, 0.1) is 5.82 Å². The minimum absolute atomic E-state index is 0.0158. The predicted octanol–water partition coefficient (Wildman–Crippen LogP) is 1.42. The fourth-order valence-corrected chi connectivity index (χ4v) is 2.33. The summed E-state index contributed by atoms with van der Waals surface area (Å²) in [6.45, 7) is 3.58. The molecule has 1 fully saturated rings. The lowest BCUT2D eigenvalue weighted by Crippen LogP contribution is -2.46. The van der Waals surface area contributed by atoms with Crippen LogP contribution >= 0.6 is 11.6 Å². The molecule has 0 bridgehead atoms. The van der Waals surface area contributed by atoms with Gasteiger partial charge in [0.25, 0.3) is 0 Å². The van der Waals surface area contributed by atoms with Crippen molar-refractivity contribution in [1.29, 1.82) is 0 Å². The molecule has 94 valence electrons. The first-order valence-electron chi connectivity index (χ1n) is 5.73. The minimum atomic E-state index is -0.424. The maximum Gasteiger partial charge on any atom is 0.141 e. The van der Waals surface area contributed by atoms with Crippen molar-refractivity contribution in [1.82, 2.24) is 10.2 Å². The van der Waals surface area contributed by atoms with Gasteiger partial charge in [0, 0.05) is 26.2 Å². The van der Waals surface area contributed by atoms with E-state index in [1.165, 1.54) is 6.07 Å². The summed E-state index contributed by atoms with van der Waals surface area (Å²) in [6.07, 6.45) is 0. The van der Waals surface area contributed by atoms with Crippen LogP contribution in [0.25, 0.3) is 0 Å². The molecule has 0 saturated carbocycles. The van der Waals surface area contributed by atoms with Crippen molar-refractivity contribution in [3.05, 3.63) is 34.6 Å². The average molecular weight is 259 g/mol. The SMILES string of the molecule is OCC(c1ccc(F)c(Cl)c1)N1CCNCC1. The van der Waals surface area contributed by atoms with E-state index in [4.69, 9.17) is 11.6 Å². The number of rotatable bonds is 3. The maximum atomic E-state index is 13.1. The van der Waals surface area contributed by atoms with Crippen LogP contribution in [0.15, 0.2) is 18.2 Å². The summed E-state index contributed by atoms with van der Waals surface area (Å²) in [6, 6.07) is 4.53. The van der Waals surface area contributed by atoms with Crippen molar-refractivity contribution in [3.63, 3.8) is 0 Å². The van der Waals surface area contributed by atoms with Crippen LogP contribution in [0.1, 0.15) is 11.6 Å². The molecular formula is C12H16ClFN2O. The van der Waals surface area contributed by atoms with Crippen molar-refractivity contribution in [2.45, 2.75) is 6.04 Å². The van der Waals surface area contributed by atoms with E-state index in [9.17, 15) is 9.50 Å². The van der Waals surface area contributed by atoms with Gasteiger partial charge in [0.1, 0.15) is 5.82 Å². The maximum absolute atomic E-state index is 13.1. The minimum Gasteiger partial charge on any atom is -0.394 e. The van der Waals surface area contributed by atoms with Gasteiger partial charge in [-0.05, 0) is 17.7 Å².